The highest BCUT2D eigenvalue weighted by Gasteiger charge is 1.31. The second kappa shape index (κ2) is 23.5. The third kappa shape index (κ3) is 90.6. The van der Waals surface area contributed by atoms with Gasteiger partial charge in [0.15, 0.2) is 0 Å². The van der Waals surface area contributed by atoms with Gasteiger partial charge in [0.2, 0.25) is 0 Å². The first-order valence-electron chi connectivity index (χ1n) is 0.402. The van der Waals surface area contributed by atoms with E-state index >= 15 is 0 Å². The van der Waals surface area contributed by atoms with Crippen molar-refractivity contribution in [1.82, 2.24) is 0 Å². The average Bonchev–Trinajstić information content (AvgIpc) is 0.918. The van der Waals surface area contributed by atoms with Crippen molar-refractivity contribution in [3.63, 3.8) is 0 Å². The van der Waals surface area contributed by atoms with Crippen molar-refractivity contribution in [2.24, 2.45) is 5.90 Å². The summed E-state index contributed by atoms with van der Waals surface area (Å²) in [6, 6.07) is 0. The molecule has 0 saturated heterocycles. The van der Waals surface area contributed by atoms with Gasteiger partial charge in [-0.3, -0.25) is 0 Å². The smallest absolute Gasteiger partial charge is 0.0160 e. The highest BCUT2D eigenvalue weighted by atomic mass is 32.1. The maximum Gasteiger partial charge on any atom is -0.0160 e. The molecule has 0 fully saturated rings. The van der Waals surface area contributed by atoms with Gasteiger partial charge < -0.3 is 0 Å². The van der Waals surface area contributed by atoms with Crippen LogP contribution in [0, 0.1) is 0 Å². The normalized spacial score (nSPS) is 3.60. The summed E-state index contributed by atoms with van der Waals surface area (Å²) in [6.07, 6.45) is 0. The molecule has 0 aliphatic heterocycles. The standard InChI is InChI=1S/H2NO2.2H2S/c1-3-2;;/h1H2;2*1H2. The van der Waals surface area contributed by atoms with Crippen LogP contribution < -0.4 is 5.90 Å². The maximum atomic E-state index is 8.21. The Morgan fingerprint density at radius 1 is 1.40 bits per heavy atom. The molecule has 5 heavy (non-hydrogen) atoms. The Balaban J connectivity index is -0.0000000200. The van der Waals surface area contributed by atoms with Crippen LogP contribution in [0.25, 0.3) is 0 Å². The van der Waals surface area contributed by atoms with Crippen molar-refractivity contribution in [1.29, 1.82) is 0 Å². The summed E-state index contributed by atoms with van der Waals surface area (Å²) >= 11 is 0. The topological polar surface area (TPSA) is 55.1 Å². The van der Waals surface area contributed by atoms with Crippen molar-refractivity contribution in [2.75, 3.05) is 0 Å². The molecule has 0 unspecified atom stereocenters. The minimum atomic E-state index is 0. The third-order valence-corrected chi connectivity index (χ3v) is 0. The first kappa shape index (κ1) is 17.6. The molecular formula is H6NO2S2. The van der Waals surface area contributed by atoms with Gasteiger partial charge in [0.25, 0.3) is 0 Å². The molecule has 0 bridgehead atoms. The molecule has 0 aliphatic carbocycles. The zero-order valence-corrected chi connectivity index (χ0v) is 4.39. The molecule has 0 rings (SSSR count). The summed E-state index contributed by atoms with van der Waals surface area (Å²) < 4.78 is 0. The van der Waals surface area contributed by atoms with Crippen LogP contribution in [-0.4, -0.2) is 0 Å². The van der Waals surface area contributed by atoms with Gasteiger partial charge in [0.05, 0.1) is 0 Å². The van der Waals surface area contributed by atoms with Gasteiger partial charge in [0.1, 0.15) is 0 Å². The Hall–Kier alpha value is 0.580. The predicted octanol–water partition coefficient (Wildman–Crippen LogP) is -0.552. The number of hydrogen-bond acceptors (Lipinski definition) is 2. The third-order valence-electron chi connectivity index (χ3n) is 0. The second-order valence-electron chi connectivity index (χ2n) is 0.0962. The van der Waals surface area contributed by atoms with Crippen molar-refractivity contribution >= 4 is 27.0 Å². The number of rotatable bonds is 0. The Labute approximate surface area is 43.9 Å². The van der Waals surface area contributed by atoms with Gasteiger partial charge in [-0.2, -0.15) is 32.9 Å². The lowest BCUT2D eigenvalue weighted by Gasteiger charge is -1.52. The summed E-state index contributed by atoms with van der Waals surface area (Å²) in [6.45, 7) is 0. The summed E-state index contributed by atoms with van der Waals surface area (Å²) in [7, 11) is 0. The molecule has 2 N–H and O–H groups in total. The van der Waals surface area contributed by atoms with E-state index in [-0.39, 0.29) is 27.0 Å². The molecule has 0 aliphatic rings. The summed E-state index contributed by atoms with van der Waals surface area (Å²) in [5.41, 5.74) is 0. The van der Waals surface area contributed by atoms with Crippen LogP contribution in [0.15, 0.2) is 0 Å². The van der Waals surface area contributed by atoms with Gasteiger partial charge >= 0.3 is 0 Å². The first-order chi connectivity index (χ1) is 1.41. The summed E-state index contributed by atoms with van der Waals surface area (Å²) in [5.74, 6) is 3.79. The number of hydrogen-bond donors (Lipinski definition) is 1. The largest absolute Gasteiger partial charge is 0.197 e. The highest BCUT2D eigenvalue weighted by molar-refractivity contribution is 7.59. The fraction of sp³-hybridized carbons (Fsp3) is 0. The fourth-order valence-electron chi connectivity index (χ4n) is 0. The Bertz CT molecular complexity index is 7.61. The first-order valence-corrected chi connectivity index (χ1v) is 0.402. The zero-order valence-electron chi connectivity index (χ0n) is 2.39. The minimum absolute atomic E-state index is 0. The van der Waals surface area contributed by atoms with Crippen LogP contribution in [0.2, 0.25) is 0 Å². The lowest BCUT2D eigenvalue weighted by Crippen LogP contribution is -1.85. The predicted molar refractivity (Wildman–Crippen MR) is 26.7 cm³/mol. The van der Waals surface area contributed by atoms with E-state index in [1.165, 1.54) is 0 Å². The molecule has 0 saturated carbocycles. The summed E-state index contributed by atoms with van der Waals surface area (Å²) in [4.78, 5) is 2.50. The van der Waals surface area contributed by atoms with Crippen molar-refractivity contribution in [3.8, 4) is 0 Å². The second-order valence-corrected chi connectivity index (χ2v) is 0.0962. The molecule has 5 heteroatoms. The van der Waals surface area contributed by atoms with Gasteiger partial charge in [-0.15, -0.1) is 4.99 Å². The molecule has 35 valence electrons. The average molecular weight is 116 g/mol. The van der Waals surface area contributed by atoms with E-state index in [0.717, 1.165) is 0 Å². The highest BCUT2D eigenvalue weighted by Crippen LogP contribution is 1.17. The van der Waals surface area contributed by atoms with E-state index < -0.39 is 0 Å². The molecule has 0 aromatic rings. The van der Waals surface area contributed by atoms with E-state index in [1.807, 2.05) is 0 Å². The molecule has 0 aromatic heterocycles. The fourth-order valence-corrected chi connectivity index (χ4v) is 0. The van der Waals surface area contributed by atoms with E-state index in [4.69, 9.17) is 5.26 Å². The van der Waals surface area contributed by atoms with Gasteiger partial charge in [-0.1, -0.05) is 0 Å². The van der Waals surface area contributed by atoms with Crippen LogP contribution >= 0.6 is 27.0 Å². The van der Waals surface area contributed by atoms with Gasteiger partial charge in [-0.25, -0.2) is 0 Å². The molecule has 0 amide bonds. The lowest BCUT2D eigenvalue weighted by molar-refractivity contribution is -0.308. The van der Waals surface area contributed by atoms with Crippen LogP contribution in [0.5, 0.6) is 0 Å². The summed E-state index contributed by atoms with van der Waals surface area (Å²) in [5, 5.41) is 8.21. The molecule has 1 radical (unpaired) electrons. The van der Waals surface area contributed by atoms with Crippen LogP contribution in [0.1, 0.15) is 0 Å². The van der Waals surface area contributed by atoms with Crippen molar-refractivity contribution in [2.45, 2.75) is 0 Å². The SMILES string of the molecule is NO[O].S.S. The zero-order chi connectivity index (χ0) is 2.71. The van der Waals surface area contributed by atoms with E-state index in [0.29, 0.717) is 0 Å². The van der Waals surface area contributed by atoms with E-state index in [2.05, 4.69) is 10.9 Å². The van der Waals surface area contributed by atoms with Crippen LogP contribution in [0.4, 0.5) is 0 Å². The van der Waals surface area contributed by atoms with Crippen molar-refractivity contribution < 1.29 is 10.2 Å². The Morgan fingerprint density at radius 3 is 1.40 bits per heavy atom. The molecule has 3 nitrogen and oxygen atoms in total. The van der Waals surface area contributed by atoms with Gasteiger partial charge in [-0.05, 0) is 5.26 Å². The molecule has 0 spiro atoms. The molecule has 0 aromatic carbocycles. The molecule has 0 atom stereocenters. The number of nitrogens with two attached hydrogens (primary N) is 1. The molecule has 0 heterocycles. The lowest BCUT2D eigenvalue weighted by atomic mass is 13.5. The van der Waals surface area contributed by atoms with E-state index in [1.54, 1.807) is 0 Å². The van der Waals surface area contributed by atoms with Gasteiger partial charge in [0, 0.05) is 0 Å². The Morgan fingerprint density at radius 2 is 1.40 bits per heavy atom. The minimum Gasteiger partial charge on any atom is -0.197 e. The van der Waals surface area contributed by atoms with E-state index in [9.17, 15) is 0 Å². The van der Waals surface area contributed by atoms with Crippen LogP contribution in [-0.2, 0) is 10.2 Å². The van der Waals surface area contributed by atoms with Crippen molar-refractivity contribution in [3.05, 3.63) is 0 Å². The monoisotopic (exact) mass is 116 g/mol. The van der Waals surface area contributed by atoms with Crippen LogP contribution in [0.3, 0.4) is 0 Å². The maximum absolute atomic E-state index is 8.21. The quantitative estimate of drug-likeness (QED) is 0.341. The Kier molecular flexibility index (Phi) is 82.7. The molecular weight excluding hydrogens is 110 g/mol.